The van der Waals surface area contributed by atoms with Crippen molar-refractivity contribution in [2.24, 2.45) is 5.73 Å². The van der Waals surface area contributed by atoms with Gasteiger partial charge in [0.05, 0.1) is 6.04 Å². The average molecular weight is 257 g/mol. The molecule has 3 fully saturated rings. The minimum atomic E-state index is -0.0319. The molecule has 2 bridgehead atoms. The summed E-state index contributed by atoms with van der Waals surface area (Å²) in [4.78, 5) is 5.02. The molecular weight excluding hydrogens is 238 g/mol. The van der Waals surface area contributed by atoms with E-state index in [1.807, 2.05) is 18.2 Å². The second-order valence-electron chi connectivity index (χ2n) is 5.62. The van der Waals surface area contributed by atoms with Gasteiger partial charge in [0.2, 0.25) is 0 Å². The molecule has 4 nitrogen and oxygen atoms in total. The Balaban J connectivity index is 1.64. The van der Waals surface area contributed by atoms with Gasteiger partial charge in [0.15, 0.2) is 0 Å². The number of fused-ring (bicyclic) bond motifs is 4. The molecule has 0 amide bonds. The fraction of sp³-hybridized carbons (Fsp3) is 0.467. The third-order valence-electron chi connectivity index (χ3n) is 4.51. The topological polar surface area (TPSA) is 45.6 Å². The lowest BCUT2D eigenvalue weighted by molar-refractivity contribution is -0.000430. The van der Waals surface area contributed by atoms with E-state index < -0.39 is 0 Å². The van der Waals surface area contributed by atoms with Gasteiger partial charge >= 0.3 is 0 Å². The highest BCUT2D eigenvalue weighted by atomic mass is 16.3. The minimum absolute atomic E-state index is 0.0319. The summed E-state index contributed by atoms with van der Waals surface area (Å²) in [6.07, 6.45) is 0. The average Bonchev–Trinajstić information content (AvgIpc) is 2.91. The third kappa shape index (κ3) is 1.87. The second-order valence-corrected chi connectivity index (χ2v) is 5.62. The zero-order chi connectivity index (χ0) is 12.8. The SMILES string of the molecule is NC(c1cc2ccccc2o1)C1CN2CCN1CC2. The first-order chi connectivity index (χ1) is 9.31. The molecule has 1 aromatic carbocycles. The van der Waals surface area contributed by atoms with E-state index >= 15 is 0 Å². The number of para-hydroxylation sites is 1. The Hall–Kier alpha value is -1.36. The number of piperazine rings is 3. The van der Waals surface area contributed by atoms with Gasteiger partial charge in [0.25, 0.3) is 0 Å². The largest absolute Gasteiger partial charge is 0.459 e. The van der Waals surface area contributed by atoms with Crippen molar-refractivity contribution < 1.29 is 4.42 Å². The summed E-state index contributed by atoms with van der Waals surface area (Å²) >= 11 is 0. The highest BCUT2D eigenvalue weighted by Crippen LogP contribution is 2.29. The van der Waals surface area contributed by atoms with Crippen LogP contribution in [-0.2, 0) is 0 Å². The van der Waals surface area contributed by atoms with Crippen LogP contribution in [0.3, 0.4) is 0 Å². The molecule has 3 aliphatic heterocycles. The van der Waals surface area contributed by atoms with Crippen LogP contribution in [-0.4, -0.2) is 48.6 Å². The summed E-state index contributed by atoms with van der Waals surface area (Å²) in [5.74, 6) is 0.917. The van der Waals surface area contributed by atoms with Crippen LogP contribution < -0.4 is 5.73 Å². The summed E-state index contributed by atoms with van der Waals surface area (Å²) in [5, 5.41) is 1.14. The van der Waals surface area contributed by atoms with Gasteiger partial charge in [0.1, 0.15) is 11.3 Å². The number of rotatable bonds is 2. The fourth-order valence-corrected chi connectivity index (χ4v) is 3.35. The lowest BCUT2D eigenvalue weighted by Crippen LogP contribution is -2.63. The number of furan rings is 1. The summed E-state index contributed by atoms with van der Waals surface area (Å²) < 4.78 is 5.92. The van der Waals surface area contributed by atoms with Crippen molar-refractivity contribution in [1.29, 1.82) is 0 Å². The van der Waals surface area contributed by atoms with Gasteiger partial charge in [-0.15, -0.1) is 0 Å². The molecule has 3 aliphatic rings. The van der Waals surface area contributed by atoms with Crippen LogP contribution in [0.25, 0.3) is 11.0 Å². The van der Waals surface area contributed by atoms with E-state index in [1.54, 1.807) is 0 Å². The molecule has 0 radical (unpaired) electrons. The van der Waals surface area contributed by atoms with Gasteiger partial charge in [-0.3, -0.25) is 9.80 Å². The molecule has 1 aromatic heterocycles. The zero-order valence-corrected chi connectivity index (χ0v) is 11.0. The Labute approximate surface area is 112 Å². The predicted octanol–water partition coefficient (Wildman–Crippen LogP) is 1.43. The number of benzene rings is 1. The standard InChI is InChI=1S/C15H19N3O/c16-15(12-10-17-5-7-18(12)8-6-17)14-9-11-3-1-2-4-13(11)19-14/h1-4,9,12,15H,5-8,10,16H2. The smallest absolute Gasteiger partial charge is 0.134 e. The Morgan fingerprint density at radius 1 is 1.16 bits per heavy atom. The van der Waals surface area contributed by atoms with Crippen LogP contribution in [0.15, 0.2) is 34.7 Å². The molecule has 5 rings (SSSR count). The van der Waals surface area contributed by atoms with Crippen LogP contribution in [0.5, 0.6) is 0 Å². The van der Waals surface area contributed by atoms with E-state index in [0.717, 1.165) is 36.4 Å². The van der Waals surface area contributed by atoms with Crippen molar-refractivity contribution in [2.45, 2.75) is 12.1 Å². The molecule has 0 saturated carbocycles. The number of hydrogen-bond acceptors (Lipinski definition) is 4. The molecule has 0 aliphatic carbocycles. The van der Waals surface area contributed by atoms with Gasteiger partial charge in [-0.1, -0.05) is 18.2 Å². The summed E-state index contributed by atoms with van der Waals surface area (Å²) in [7, 11) is 0. The number of hydrogen-bond donors (Lipinski definition) is 1. The van der Waals surface area contributed by atoms with E-state index in [9.17, 15) is 0 Å². The summed E-state index contributed by atoms with van der Waals surface area (Å²) in [6.45, 7) is 5.71. The van der Waals surface area contributed by atoms with Crippen LogP contribution >= 0.6 is 0 Å². The molecule has 2 unspecified atom stereocenters. The lowest BCUT2D eigenvalue weighted by Gasteiger charge is -2.49. The van der Waals surface area contributed by atoms with Crippen molar-refractivity contribution >= 4 is 11.0 Å². The van der Waals surface area contributed by atoms with Crippen molar-refractivity contribution in [3.05, 3.63) is 36.1 Å². The highest BCUT2D eigenvalue weighted by molar-refractivity contribution is 5.77. The minimum Gasteiger partial charge on any atom is -0.459 e. The maximum Gasteiger partial charge on any atom is 0.134 e. The molecule has 3 saturated heterocycles. The van der Waals surface area contributed by atoms with E-state index in [0.29, 0.717) is 6.04 Å². The van der Waals surface area contributed by atoms with Gasteiger partial charge in [-0.2, -0.15) is 0 Å². The molecule has 4 heterocycles. The fourth-order valence-electron chi connectivity index (χ4n) is 3.35. The molecule has 19 heavy (non-hydrogen) atoms. The molecule has 100 valence electrons. The summed E-state index contributed by atoms with van der Waals surface area (Å²) in [6, 6.07) is 10.6. The Kier molecular flexibility index (Phi) is 2.62. The van der Waals surface area contributed by atoms with Crippen molar-refractivity contribution in [3.8, 4) is 0 Å². The van der Waals surface area contributed by atoms with Gasteiger partial charge in [-0.05, 0) is 12.1 Å². The molecule has 2 N–H and O–H groups in total. The Bertz CT molecular complexity index is 553. The van der Waals surface area contributed by atoms with Crippen LogP contribution in [0.1, 0.15) is 11.8 Å². The summed E-state index contributed by atoms with van der Waals surface area (Å²) in [5.41, 5.74) is 7.39. The maximum absolute atomic E-state index is 6.46. The first kappa shape index (κ1) is 11.5. The first-order valence-electron chi connectivity index (χ1n) is 7.02. The number of nitrogens with zero attached hydrogens (tertiary/aromatic N) is 2. The molecule has 0 spiro atoms. The predicted molar refractivity (Wildman–Crippen MR) is 74.9 cm³/mol. The van der Waals surface area contributed by atoms with E-state index in [-0.39, 0.29) is 6.04 Å². The van der Waals surface area contributed by atoms with Crippen LogP contribution in [0.4, 0.5) is 0 Å². The van der Waals surface area contributed by atoms with Crippen LogP contribution in [0.2, 0.25) is 0 Å². The van der Waals surface area contributed by atoms with Crippen molar-refractivity contribution in [3.63, 3.8) is 0 Å². The quantitative estimate of drug-likeness (QED) is 0.884. The Morgan fingerprint density at radius 3 is 2.63 bits per heavy atom. The lowest BCUT2D eigenvalue weighted by atomic mass is 9.99. The monoisotopic (exact) mass is 257 g/mol. The van der Waals surface area contributed by atoms with E-state index in [4.69, 9.17) is 10.2 Å². The first-order valence-corrected chi connectivity index (χ1v) is 7.02. The van der Waals surface area contributed by atoms with Gasteiger partial charge in [-0.25, -0.2) is 0 Å². The van der Waals surface area contributed by atoms with Gasteiger partial charge < -0.3 is 10.2 Å². The normalized spacial score (nSPS) is 31.7. The Morgan fingerprint density at radius 2 is 1.95 bits per heavy atom. The second kappa shape index (κ2) is 4.34. The van der Waals surface area contributed by atoms with Crippen molar-refractivity contribution in [1.82, 2.24) is 9.80 Å². The molecule has 2 aromatic rings. The highest BCUT2D eigenvalue weighted by Gasteiger charge is 2.36. The molecule has 4 heteroatoms. The third-order valence-corrected chi connectivity index (χ3v) is 4.51. The van der Waals surface area contributed by atoms with Crippen molar-refractivity contribution in [2.75, 3.05) is 32.7 Å². The van der Waals surface area contributed by atoms with E-state index in [2.05, 4.69) is 21.9 Å². The maximum atomic E-state index is 6.46. The van der Waals surface area contributed by atoms with E-state index in [1.165, 1.54) is 13.1 Å². The molecular formula is C15H19N3O. The molecule has 2 atom stereocenters. The zero-order valence-electron chi connectivity index (χ0n) is 11.0. The van der Waals surface area contributed by atoms with Crippen LogP contribution in [0, 0.1) is 0 Å². The number of nitrogens with two attached hydrogens (primary N) is 1. The van der Waals surface area contributed by atoms with Gasteiger partial charge in [0, 0.05) is 44.2 Å².